The van der Waals surface area contributed by atoms with Crippen LogP contribution in [0.4, 0.5) is 0 Å². The number of nitrogens with one attached hydrogen (secondary N) is 1. The molecule has 0 aliphatic heterocycles. The van der Waals surface area contributed by atoms with Crippen molar-refractivity contribution in [3.63, 3.8) is 0 Å². The summed E-state index contributed by atoms with van der Waals surface area (Å²) in [5.41, 5.74) is 4.95. The highest BCUT2D eigenvalue weighted by Gasteiger charge is 2.27. The molecule has 1 amide bonds. The minimum Gasteiger partial charge on any atom is -0.489 e. The van der Waals surface area contributed by atoms with Crippen molar-refractivity contribution in [3.8, 4) is 17.0 Å². The summed E-state index contributed by atoms with van der Waals surface area (Å²) < 4.78 is 7.97. The van der Waals surface area contributed by atoms with Gasteiger partial charge in [-0.3, -0.25) is 9.59 Å². The number of ether oxygens (including phenoxy) is 1. The van der Waals surface area contributed by atoms with E-state index in [0.29, 0.717) is 18.5 Å². The summed E-state index contributed by atoms with van der Waals surface area (Å²) in [5.74, 6) is -1.16. The number of aliphatic carboxylic acids is 1. The molecule has 1 aromatic heterocycles. The van der Waals surface area contributed by atoms with Crippen LogP contribution in [0.15, 0.2) is 72.8 Å². The fourth-order valence-corrected chi connectivity index (χ4v) is 6.08. The van der Waals surface area contributed by atoms with Crippen LogP contribution in [0.1, 0.15) is 78.8 Å². The van der Waals surface area contributed by atoms with Crippen molar-refractivity contribution < 1.29 is 29.3 Å². The summed E-state index contributed by atoms with van der Waals surface area (Å²) in [6.07, 6.45) is 7.02. The molecule has 1 heterocycles. The monoisotopic (exact) mass is 582 g/mol. The zero-order chi connectivity index (χ0) is 30.2. The van der Waals surface area contributed by atoms with Crippen LogP contribution in [0, 0.1) is 0 Å². The number of rotatable bonds is 12. The van der Waals surface area contributed by atoms with Gasteiger partial charge in [-0.05, 0) is 78.3 Å². The fourth-order valence-electron chi connectivity index (χ4n) is 6.08. The van der Waals surface area contributed by atoms with Gasteiger partial charge < -0.3 is 24.8 Å². The summed E-state index contributed by atoms with van der Waals surface area (Å²) in [7, 11) is 0. The summed E-state index contributed by atoms with van der Waals surface area (Å²) in [5, 5.41) is 22.6. The van der Waals surface area contributed by atoms with Crippen molar-refractivity contribution in [3.05, 3.63) is 89.5 Å². The van der Waals surface area contributed by atoms with Gasteiger partial charge >= 0.3 is 11.9 Å². The summed E-state index contributed by atoms with van der Waals surface area (Å²) in [4.78, 5) is 36.1. The molecule has 1 aliphatic rings. The van der Waals surface area contributed by atoms with Crippen LogP contribution in [0.5, 0.6) is 5.75 Å². The largest absolute Gasteiger partial charge is 0.489 e. The highest BCUT2D eigenvalue weighted by Crippen LogP contribution is 2.44. The molecular formula is C35H38N2O6. The zero-order valence-corrected chi connectivity index (χ0v) is 24.3. The first kappa shape index (κ1) is 29.9. The Morgan fingerprint density at radius 2 is 1.60 bits per heavy atom. The van der Waals surface area contributed by atoms with E-state index in [0.717, 1.165) is 59.2 Å². The molecule has 43 heavy (non-hydrogen) atoms. The molecule has 8 nitrogen and oxygen atoms in total. The fraction of sp³-hybridized carbons (Fsp3) is 0.343. The first-order valence-corrected chi connectivity index (χ1v) is 15.1. The smallest absolute Gasteiger partial charge is 0.335 e. The Kier molecular flexibility index (Phi) is 9.77. The van der Waals surface area contributed by atoms with Crippen molar-refractivity contribution >= 4 is 28.7 Å². The normalized spacial score (nSPS) is 13.9. The number of aromatic nitrogens is 1. The summed E-state index contributed by atoms with van der Waals surface area (Å²) >= 11 is 0. The summed E-state index contributed by atoms with van der Waals surface area (Å²) in [6.45, 7) is 0.692. The predicted octanol–water partition coefficient (Wildman–Crippen LogP) is 7.00. The van der Waals surface area contributed by atoms with Crippen LogP contribution in [0.3, 0.4) is 0 Å². The molecule has 1 saturated carbocycles. The van der Waals surface area contributed by atoms with Crippen LogP contribution in [0.2, 0.25) is 0 Å². The number of aromatic carboxylic acids is 1. The Balaban J connectivity index is 1.55. The number of carbonyl (C=O) groups is 3. The van der Waals surface area contributed by atoms with Gasteiger partial charge in [0.15, 0.2) is 0 Å². The zero-order valence-electron chi connectivity index (χ0n) is 24.3. The number of carbonyl (C=O) groups excluding carboxylic acids is 1. The Hall–Kier alpha value is -4.59. The highest BCUT2D eigenvalue weighted by molar-refractivity contribution is 5.99. The lowest BCUT2D eigenvalue weighted by molar-refractivity contribution is -0.137. The molecule has 3 N–H and O–H groups in total. The Morgan fingerprint density at radius 1 is 0.884 bits per heavy atom. The lowest BCUT2D eigenvalue weighted by Gasteiger charge is -2.19. The van der Waals surface area contributed by atoms with E-state index in [2.05, 4.69) is 5.32 Å². The van der Waals surface area contributed by atoms with Crippen molar-refractivity contribution in [1.29, 1.82) is 0 Å². The average molecular weight is 583 g/mol. The molecule has 4 aromatic rings. The van der Waals surface area contributed by atoms with Crippen LogP contribution in [-0.2, 0) is 22.7 Å². The molecule has 224 valence electrons. The van der Waals surface area contributed by atoms with Gasteiger partial charge in [-0.15, -0.1) is 0 Å². The SMILES string of the molecule is O=C(O)CCCNC(=O)Cn1c(-c2ccc(OCc3ccccc3)cc2)c(C2CCCCCC2)c2ccc(C(=O)O)cc21. The molecule has 0 unspecified atom stereocenters. The molecule has 0 radical (unpaired) electrons. The standard InChI is InChI=1S/C35H38N2O6/c38-31(36-20-8-13-32(39)40)22-37-30-21-27(35(41)42)16-19-29(30)33(25-11-6-1-2-7-12-25)34(37)26-14-17-28(18-15-26)43-23-24-9-4-3-5-10-24/h3-5,9-10,14-19,21,25H,1-2,6-8,11-13,20,22-23H2,(H,36,38)(H,39,40)(H,41,42). The van der Waals surface area contributed by atoms with Crippen molar-refractivity contribution in [1.82, 2.24) is 9.88 Å². The third-order valence-corrected chi connectivity index (χ3v) is 8.18. The van der Waals surface area contributed by atoms with Crippen LogP contribution in [-0.4, -0.2) is 39.2 Å². The Bertz CT molecular complexity index is 1570. The van der Waals surface area contributed by atoms with E-state index < -0.39 is 11.9 Å². The van der Waals surface area contributed by atoms with E-state index in [1.165, 1.54) is 12.8 Å². The van der Waals surface area contributed by atoms with Gasteiger partial charge in [-0.25, -0.2) is 4.79 Å². The maximum atomic E-state index is 13.2. The first-order valence-electron chi connectivity index (χ1n) is 15.1. The van der Waals surface area contributed by atoms with E-state index in [1.54, 1.807) is 12.1 Å². The van der Waals surface area contributed by atoms with Gasteiger partial charge in [0.2, 0.25) is 5.91 Å². The Labute approximate surface area is 251 Å². The van der Waals surface area contributed by atoms with Gasteiger partial charge in [0.1, 0.15) is 18.9 Å². The van der Waals surface area contributed by atoms with Gasteiger partial charge in [0.25, 0.3) is 0 Å². The molecule has 0 spiro atoms. The van der Waals surface area contributed by atoms with Gasteiger partial charge in [-0.2, -0.15) is 0 Å². The number of amides is 1. The van der Waals surface area contributed by atoms with Crippen LogP contribution in [0.25, 0.3) is 22.2 Å². The number of carboxylic acids is 2. The molecular weight excluding hydrogens is 544 g/mol. The number of fused-ring (bicyclic) bond motifs is 1. The lowest BCUT2D eigenvalue weighted by atomic mass is 9.87. The number of nitrogens with zero attached hydrogens (tertiary/aromatic N) is 1. The third kappa shape index (κ3) is 7.44. The molecule has 5 rings (SSSR count). The first-order chi connectivity index (χ1) is 20.9. The molecule has 3 aromatic carbocycles. The third-order valence-electron chi connectivity index (χ3n) is 8.18. The quantitative estimate of drug-likeness (QED) is 0.122. The minimum absolute atomic E-state index is 0.0129. The van der Waals surface area contributed by atoms with Gasteiger partial charge in [0.05, 0.1) is 16.8 Å². The highest BCUT2D eigenvalue weighted by atomic mass is 16.5. The van der Waals surface area contributed by atoms with E-state index in [9.17, 15) is 19.5 Å². The van der Waals surface area contributed by atoms with E-state index in [-0.39, 0.29) is 36.9 Å². The molecule has 0 saturated heterocycles. The van der Waals surface area contributed by atoms with Crippen LogP contribution < -0.4 is 10.1 Å². The maximum Gasteiger partial charge on any atom is 0.335 e. The van der Waals surface area contributed by atoms with E-state index in [4.69, 9.17) is 9.84 Å². The molecule has 0 bridgehead atoms. The number of hydrogen-bond donors (Lipinski definition) is 3. The topological polar surface area (TPSA) is 118 Å². The Morgan fingerprint density at radius 3 is 2.28 bits per heavy atom. The second kappa shape index (κ2) is 14.1. The minimum atomic E-state index is -1.02. The molecule has 0 atom stereocenters. The predicted molar refractivity (Wildman–Crippen MR) is 165 cm³/mol. The molecule has 1 fully saturated rings. The second-order valence-corrected chi connectivity index (χ2v) is 11.2. The average Bonchev–Trinajstić information content (AvgIpc) is 3.13. The van der Waals surface area contributed by atoms with Gasteiger partial charge in [-0.1, -0.05) is 62.1 Å². The van der Waals surface area contributed by atoms with Crippen molar-refractivity contribution in [2.24, 2.45) is 0 Å². The number of hydrogen-bond acceptors (Lipinski definition) is 4. The van der Waals surface area contributed by atoms with E-state index >= 15 is 0 Å². The van der Waals surface area contributed by atoms with Gasteiger partial charge in [0, 0.05) is 18.4 Å². The van der Waals surface area contributed by atoms with E-state index in [1.807, 2.05) is 65.2 Å². The van der Waals surface area contributed by atoms with Crippen molar-refractivity contribution in [2.45, 2.75) is 70.4 Å². The van der Waals surface area contributed by atoms with Crippen molar-refractivity contribution in [2.75, 3.05) is 6.54 Å². The molecule has 8 heteroatoms. The molecule has 1 aliphatic carbocycles. The number of benzene rings is 3. The maximum absolute atomic E-state index is 13.2. The number of carboxylic acid groups (broad SMARTS) is 2. The summed E-state index contributed by atoms with van der Waals surface area (Å²) in [6, 6.07) is 23.1. The van der Waals surface area contributed by atoms with Crippen LogP contribution >= 0.6 is 0 Å². The second-order valence-electron chi connectivity index (χ2n) is 11.2. The lowest BCUT2D eigenvalue weighted by Crippen LogP contribution is -2.29.